The van der Waals surface area contributed by atoms with E-state index in [-0.39, 0.29) is 18.4 Å². The van der Waals surface area contributed by atoms with Gasteiger partial charge < -0.3 is 25.2 Å². The highest BCUT2D eigenvalue weighted by Gasteiger charge is 2.08. The number of hydrogen-bond acceptors (Lipinski definition) is 5. The molecule has 0 saturated heterocycles. The molecule has 22 heavy (non-hydrogen) atoms. The number of amides is 1. The first-order chi connectivity index (χ1) is 10.5. The summed E-state index contributed by atoms with van der Waals surface area (Å²) in [7, 11) is 1.58. The van der Waals surface area contributed by atoms with Gasteiger partial charge in [0.05, 0.1) is 7.11 Å². The highest BCUT2D eigenvalue weighted by molar-refractivity contribution is 5.77. The first-order valence-electron chi connectivity index (χ1n) is 7.47. The van der Waals surface area contributed by atoms with Gasteiger partial charge in [0, 0.05) is 25.6 Å². The normalized spacial score (nSPS) is 12.0. The van der Waals surface area contributed by atoms with E-state index in [1.165, 1.54) is 0 Å². The Morgan fingerprint density at radius 2 is 1.91 bits per heavy atom. The smallest absolute Gasteiger partial charge is 0.222 e. The fraction of sp³-hybridized carbons (Fsp3) is 0.562. The van der Waals surface area contributed by atoms with E-state index in [1.54, 1.807) is 19.2 Å². The van der Waals surface area contributed by atoms with Crippen molar-refractivity contribution >= 4 is 5.91 Å². The van der Waals surface area contributed by atoms with E-state index in [4.69, 9.17) is 9.47 Å². The number of carbonyl (C=O) groups is 1. The van der Waals surface area contributed by atoms with E-state index in [0.29, 0.717) is 31.1 Å². The Labute approximate surface area is 131 Å². The molecule has 1 unspecified atom stereocenters. The van der Waals surface area contributed by atoms with Gasteiger partial charge in [0.25, 0.3) is 0 Å². The second-order valence-electron chi connectivity index (χ2n) is 5.27. The lowest BCUT2D eigenvalue weighted by molar-refractivity contribution is -0.123. The molecule has 3 N–H and O–H groups in total. The lowest BCUT2D eigenvalue weighted by Crippen LogP contribution is -2.38. The molecule has 1 atom stereocenters. The number of aliphatic hydroxyl groups is 1. The highest BCUT2D eigenvalue weighted by Crippen LogP contribution is 2.25. The zero-order valence-electron chi connectivity index (χ0n) is 13.5. The summed E-state index contributed by atoms with van der Waals surface area (Å²) in [5.41, 5.74) is 0. The number of benzene rings is 1. The van der Waals surface area contributed by atoms with Gasteiger partial charge in [-0.25, -0.2) is 0 Å². The minimum absolute atomic E-state index is 0.0140. The minimum atomic E-state index is -0.634. The first-order valence-corrected chi connectivity index (χ1v) is 7.47. The summed E-state index contributed by atoms with van der Waals surface area (Å²) in [4.78, 5) is 11.3. The number of carbonyl (C=O) groups excluding carboxylic acids is 1. The molecule has 1 amide bonds. The van der Waals surface area contributed by atoms with Crippen LogP contribution >= 0.6 is 0 Å². The van der Waals surface area contributed by atoms with Gasteiger partial charge in [-0.1, -0.05) is 26.0 Å². The van der Waals surface area contributed by atoms with Gasteiger partial charge in [0.15, 0.2) is 11.5 Å². The third-order valence-electron chi connectivity index (χ3n) is 3.01. The van der Waals surface area contributed by atoms with Crippen LogP contribution in [0.2, 0.25) is 0 Å². The summed E-state index contributed by atoms with van der Waals surface area (Å²) in [6, 6.07) is 7.30. The maximum absolute atomic E-state index is 11.3. The van der Waals surface area contributed by atoms with Crippen LogP contribution in [0.25, 0.3) is 0 Å². The summed E-state index contributed by atoms with van der Waals surface area (Å²) in [6.45, 7) is 5.41. The van der Waals surface area contributed by atoms with Crippen molar-refractivity contribution in [2.24, 2.45) is 5.92 Å². The third kappa shape index (κ3) is 6.78. The molecule has 0 bridgehead atoms. The number of methoxy groups -OCH3 is 1. The van der Waals surface area contributed by atoms with Crippen molar-refractivity contribution in [1.82, 2.24) is 10.6 Å². The predicted octanol–water partition coefficient (Wildman–Crippen LogP) is 0.797. The number of nitrogens with one attached hydrogen (secondary N) is 2. The minimum Gasteiger partial charge on any atom is -0.493 e. The molecule has 0 heterocycles. The summed E-state index contributed by atoms with van der Waals surface area (Å²) in [5, 5.41) is 15.7. The molecule has 6 nitrogen and oxygen atoms in total. The van der Waals surface area contributed by atoms with E-state index in [9.17, 15) is 9.90 Å². The Hall–Kier alpha value is -1.79. The summed E-state index contributed by atoms with van der Waals surface area (Å²) < 4.78 is 10.7. The van der Waals surface area contributed by atoms with Gasteiger partial charge in [-0.3, -0.25) is 4.79 Å². The summed E-state index contributed by atoms with van der Waals surface area (Å²) in [6.07, 6.45) is -0.634. The van der Waals surface area contributed by atoms with E-state index in [2.05, 4.69) is 10.6 Å². The van der Waals surface area contributed by atoms with Crippen LogP contribution in [0.15, 0.2) is 24.3 Å². The van der Waals surface area contributed by atoms with Crippen molar-refractivity contribution in [3.8, 4) is 11.5 Å². The van der Waals surface area contributed by atoms with Crippen LogP contribution in [-0.4, -0.2) is 50.5 Å². The average molecular weight is 310 g/mol. The van der Waals surface area contributed by atoms with Crippen LogP contribution in [0.3, 0.4) is 0 Å². The SMILES string of the molecule is COc1ccccc1OCC(O)CNCCNC(=O)C(C)C. The maximum atomic E-state index is 11.3. The van der Waals surface area contributed by atoms with Gasteiger partial charge in [0.2, 0.25) is 5.91 Å². The van der Waals surface area contributed by atoms with Crippen molar-refractivity contribution in [3.63, 3.8) is 0 Å². The average Bonchev–Trinajstić information content (AvgIpc) is 2.52. The van der Waals surface area contributed by atoms with E-state index in [0.717, 1.165) is 0 Å². The number of rotatable bonds is 10. The monoisotopic (exact) mass is 310 g/mol. The van der Waals surface area contributed by atoms with Crippen molar-refractivity contribution in [2.75, 3.05) is 33.4 Å². The molecular weight excluding hydrogens is 284 g/mol. The second kappa shape index (κ2) is 10.0. The van der Waals surface area contributed by atoms with E-state index < -0.39 is 6.10 Å². The van der Waals surface area contributed by atoms with Crippen molar-refractivity contribution < 1.29 is 19.4 Å². The predicted molar refractivity (Wildman–Crippen MR) is 85.2 cm³/mol. The quantitative estimate of drug-likeness (QED) is 0.557. The molecule has 0 aliphatic rings. The first kappa shape index (κ1) is 18.3. The van der Waals surface area contributed by atoms with Gasteiger partial charge in [-0.2, -0.15) is 0 Å². The molecule has 0 aromatic heterocycles. The van der Waals surface area contributed by atoms with Gasteiger partial charge in [0.1, 0.15) is 12.7 Å². The third-order valence-corrected chi connectivity index (χ3v) is 3.01. The molecule has 0 fully saturated rings. The zero-order chi connectivity index (χ0) is 16.4. The largest absolute Gasteiger partial charge is 0.493 e. The summed E-state index contributed by atoms with van der Waals surface area (Å²) in [5.74, 6) is 1.26. The van der Waals surface area contributed by atoms with Gasteiger partial charge >= 0.3 is 0 Å². The topological polar surface area (TPSA) is 79.8 Å². The van der Waals surface area contributed by atoms with Crippen LogP contribution in [0.4, 0.5) is 0 Å². The molecule has 0 aliphatic heterocycles. The molecular formula is C16H26N2O4. The fourth-order valence-corrected chi connectivity index (χ4v) is 1.73. The Balaban J connectivity index is 2.16. The van der Waals surface area contributed by atoms with Crippen LogP contribution in [0.1, 0.15) is 13.8 Å². The Morgan fingerprint density at radius 1 is 1.23 bits per heavy atom. The standard InChI is InChI=1S/C16H26N2O4/c1-12(2)16(20)18-9-8-17-10-13(19)11-22-15-7-5-4-6-14(15)21-3/h4-7,12-13,17,19H,8-11H2,1-3H3,(H,18,20). The van der Waals surface area contributed by atoms with Crippen molar-refractivity contribution in [2.45, 2.75) is 20.0 Å². The van der Waals surface area contributed by atoms with Crippen LogP contribution < -0.4 is 20.1 Å². The van der Waals surface area contributed by atoms with Crippen LogP contribution in [-0.2, 0) is 4.79 Å². The lowest BCUT2D eigenvalue weighted by Gasteiger charge is -2.15. The van der Waals surface area contributed by atoms with Gasteiger partial charge in [-0.15, -0.1) is 0 Å². The molecule has 0 radical (unpaired) electrons. The molecule has 1 aromatic rings. The Morgan fingerprint density at radius 3 is 2.55 bits per heavy atom. The lowest BCUT2D eigenvalue weighted by atomic mass is 10.2. The Kier molecular flexibility index (Phi) is 8.32. The number of hydrogen-bond donors (Lipinski definition) is 3. The second-order valence-corrected chi connectivity index (χ2v) is 5.27. The van der Waals surface area contributed by atoms with Crippen molar-refractivity contribution in [3.05, 3.63) is 24.3 Å². The zero-order valence-corrected chi connectivity index (χ0v) is 13.5. The molecule has 124 valence electrons. The highest BCUT2D eigenvalue weighted by atomic mass is 16.5. The number of ether oxygens (including phenoxy) is 2. The maximum Gasteiger partial charge on any atom is 0.222 e. The van der Waals surface area contributed by atoms with E-state index >= 15 is 0 Å². The van der Waals surface area contributed by atoms with Crippen LogP contribution in [0.5, 0.6) is 11.5 Å². The fourth-order valence-electron chi connectivity index (χ4n) is 1.73. The molecule has 1 rings (SSSR count). The van der Waals surface area contributed by atoms with E-state index in [1.807, 2.05) is 26.0 Å². The molecule has 1 aromatic carbocycles. The molecule has 0 aliphatic carbocycles. The number of aliphatic hydroxyl groups excluding tert-OH is 1. The van der Waals surface area contributed by atoms with Crippen LogP contribution in [0, 0.1) is 5.92 Å². The molecule has 0 saturated carbocycles. The molecule has 6 heteroatoms. The Bertz CT molecular complexity index is 452. The van der Waals surface area contributed by atoms with Gasteiger partial charge in [-0.05, 0) is 12.1 Å². The molecule has 0 spiro atoms. The van der Waals surface area contributed by atoms with Crippen molar-refractivity contribution in [1.29, 1.82) is 0 Å². The summed E-state index contributed by atoms with van der Waals surface area (Å²) >= 11 is 0. The number of para-hydroxylation sites is 2.